The van der Waals surface area contributed by atoms with Crippen LogP contribution < -0.4 is 11.3 Å². The van der Waals surface area contributed by atoms with Crippen molar-refractivity contribution in [2.24, 2.45) is 12.9 Å². The molecule has 0 bridgehead atoms. The molecule has 0 aliphatic rings. The lowest BCUT2D eigenvalue weighted by atomic mass is 10.1. The van der Waals surface area contributed by atoms with E-state index in [0.717, 1.165) is 24.2 Å². The molecule has 0 saturated heterocycles. The van der Waals surface area contributed by atoms with Gasteiger partial charge in [0.2, 0.25) is 0 Å². The second-order valence-corrected chi connectivity index (χ2v) is 6.28. The van der Waals surface area contributed by atoms with Gasteiger partial charge in [0.1, 0.15) is 5.82 Å². The lowest BCUT2D eigenvalue weighted by Gasteiger charge is -2.15. The largest absolute Gasteiger partial charge is 0.338 e. The highest BCUT2D eigenvalue weighted by Gasteiger charge is 2.17. The van der Waals surface area contributed by atoms with Crippen LogP contribution in [0.5, 0.6) is 0 Å². The molecule has 7 heteroatoms. The molecule has 2 aromatic rings. The van der Waals surface area contributed by atoms with E-state index in [2.05, 4.69) is 10.4 Å². The molecule has 2 heterocycles. The van der Waals surface area contributed by atoms with Gasteiger partial charge in [-0.25, -0.2) is 4.98 Å². The first-order valence-corrected chi connectivity index (χ1v) is 7.06. The third-order valence-corrected chi connectivity index (χ3v) is 4.36. The molecule has 0 aliphatic carbocycles. The van der Waals surface area contributed by atoms with Crippen molar-refractivity contribution in [1.29, 1.82) is 0 Å². The lowest BCUT2D eigenvalue weighted by Crippen LogP contribution is -2.28. The number of nitrogens with one attached hydrogen (secondary N) is 1. The summed E-state index contributed by atoms with van der Waals surface area (Å²) in [6, 6.07) is 1.84. The SMILES string of the molecule is Cn1ccnc1CCC(NN)c1cc(Cl)sc1Cl. The number of aromatic nitrogens is 2. The zero-order chi connectivity index (χ0) is 13.1. The molecule has 0 aliphatic heterocycles. The Morgan fingerprint density at radius 3 is 2.83 bits per heavy atom. The molecular formula is C11H14Cl2N4S. The Hall–Kier alpha value is -0.590. The monoisotopic (exact) mass is 304 g/mol. The highest BCUT2D eigenvalue weighted by atomic mass is 35.5. The normalized spacial score (nSPS) is 12.9. The van der Waals surface area contributed by atoms with E-state index < -0.39 is 0 Å². The number of imidazole rings is 1. The van der Waals surface area contributed by atoms with Gasteiger partial charge >= 0.3 is 0 Å². The van der Waals surface area contributed by atoms with Crippen molar-refractivity contribution in [3.63, 3.8) is 0 Å². The summed E-state index contributed by atoms with van der Waals surface area (Å²) in [5.41, 5.74) is 3.73. The quantitative estimate of drug-likeness (QED) is 0.659. The van der Waals surface area contributed by atoms with Gasteiger partial charge < -0.3 is 4.57 Å². The van der Waals surface area contributed by atoms with Crippen LogP contribution >= 0.6 is 34.5 Å². The molecule has 0 aromatic carbocycles. The first-order chi connectivity index (χ1) is 8.61. The number of rotatable bonds is 5. The van der Waals surface area contributed by atoms with Crippen LogP contribution in [0.1, 0.15) is 23.9 Å². The molecule has 1 atom stereocenters. The molecule has 0 saturated carbocycles. The van der Waals surface area contributed by atoms with Crippen LogP contribution in [0.2, 0.25) is 8.67 Å². The summed E-state index contributed by atoms with van der Waals surface area (Å²) in [5.74, 6) is 6.61. The average molecular weight is 305 g/mol. The van der Waals surface area contributed by atoms with Crippen molar-refractivity contribution in [2.45, 2.75) is 18.9 Å². The molecule has 0 spiro atoms. The molecule has 2 aromatic heterocycles. The van der Waals surface area contributed by atoms with Gasteiger partial charge in [-0.3, -0.25) is 11.3 Å². The van der Waals surface area contributed by atoms with Crippen LogP contribution in [0, 0.1) is 0 Å². The van der Waals surface area contributed by atoms with Crippen LogP contribution in [0.4, 0.5) is 0 Å². The summed E-state index contributed by atoms with van der Waals surface area (Å²) < 4.78 is 3.35. The molecule has 0 fully saturated rings. The maximum absolute atomic E-state index is 6.13. The van der Waals surface area contributed by atoms with Crippen molar-refractivity contribution >= 4 is 34.5 Å². The number of nitrogens with two attached hydrogens (primary N) is 1. The van der Waals surface area contributed by atoms with Gasteiger partial charge in [0, 0.05) is 37.5 Å². The van der Waals surface area contributed by atoms with Crippen molar-refractivity contribution < 1.29 is 0 Å². The lowest BCUT2D eigenvalue weighted by molar-refractivity contribution is 0.508. The second-order valence-electron chi connectivity index (χ2n) is 3.99. The minimum absolute atomic E-state index is 0.0158. The molecule has 98 valence electrons. The van der Waals surface area contributed by atoms with E-state index in [-0.39, 0.29) is 6.04 Å². The molecule has 2 rings (SSSR count). The Balaban J connectivity index is 2.06. The fraction of sp³-hybridized carbons (Fsp3) is 0.364. The van der Waals surface area contributed by atoms with E-state index in [9.17, 15) is 0 Å². The number of hydrogen-bond donors (Lipinski definition) is 2. The second kappa shape index (κ2) is 6.04. The number of hydrazine groups is 1. The topological polar surface area (TPSA) is 55.9 Å². The standard InChI is InChI=1S/C11H14Cl2N4S/c1-17-5-4-15-10(17)3-2-8(16-14)7-6-9(12)18-11(7)13/h4-6,8,16H,2-3,14H2,1H3. The van der Waals surface area contributed by atoms with Gasteiger partial charge in [0.05, 0.1) is 8.67 Å². The molecule has 0 amide bonds. The van der Waals surface area contributed by atoms with Crippen LogP contribution in [-0.2, 0) is 13.5 Å². The van der Waals surface area contributed by atoms with E-state index in [1.165, 1.54) is 11.3 Å². The molecule has 3 N–H and O–H groups in total. The summed E-state index contributed by atoms with van der Waals surface area (Å²) in [6.45, 7) is 0. The highest BCUT2D eigenvalue weighted by Crippen LogP contribution is 2.36. The highest BCUT2D eigenvalue weighted by molar-refractivity contribution is 7.20. The van der Waals surface area contributed by atoms with E-state index >= 15 is 0 Å². The molecule has 18 heavy (non-hydrogen) atoms. The molecule has 4 nitrogen and oxygen atoms in total. The van der Waals surface area contributed by atoms with Crippen molar-refractivity contribution in [3.8, 4) is 0 Å². The van der Waals surface area contributed by atoms with E-state index in [0.29, 0.717) is 8.67 Å². The van der Waals surface area contributed by atoms with Crippen LogP contribution in [0.25, 0.3) is 0 Å². The fourth-order valence-corrected chi connectivity index (χ4v) is 3.41. The van der Waals surface area contributed by atoms with Gasteiger partial charge in [-0.2, -0.15) is 0 Å². The van der Waals surface area contributed by atoms with Gasteiger partial charge in [-0.05, 0) is 12.5 Å². The number of aryl methyl sites for hydroxylation is 2. The van der Waals surface area contributed by atoms with Crippen molar-refractivity contribution in [3.05, 3.63) is 38.5 Å². The maximum Gasteiger partial charge on any atom is 0.108 e. The Kier molecular flexibility index (Phi) is 4.64. The summed E-state index contributed by atoms with van der Waals surface area (Å²) in [5, 5.41) is 0. The third kappa shape index (κ3) is 3.05. The Labute approximate surface area is 120 Å². The molecule has 0 radical (unpaired) electrons. The van der Waals surface area contributed by atoms with E-state index in [1.807, 2.05) is 23.9 Å². The van der Waals surface area contributed by atoms with Crippen LogP contribution in [0.3, 0.4) is 0 Å². The zero-order valence-corrected chi connectivity index (χ0v) is 12.2. The first kappa shape index (κ1) is 13.8. The Morgan fingerprint density at radius 1 is 1.56 bits per heavy atom. The average Bonchev–Trinajstić information content (AvgIpc) is 2.87. The predicted molar refractivity (Wildman–Crippen MR) is 75.9 cm³/mol. The molecule has 1 unspecified atom stereocenters. The minimum atomic E-state index is -0.0158. The molecular weight excluding hydrogens is 291 g/mol. The van der Waals surface area contributed by atoms with Gasteiger partial charge in [-0.1, -0.05) is 23.2 Å². The smallest absolute Gasteiger partial charge is 0.108 e. The van der Waals surface area contributed by atoms with E-state index in [1.54, 1.807) is 6.20 Å². The number of halogens is 2. The summed E-state index contributed by atoms with van der Waals surface area (Å²) in [7, 11) is 1.97. The van der Waals surface area contributed by atoms with Gasteiger partial charge in [0.15, 0.2) is 0 Å². The van der Waals surface area contributed by atoms with Crippen molar-refractivity contribution in [2.75, 3.05) is 0 Å². The zero-order valence-electron chi connectivity index (χ0n) is 9.86. The maximum atomic E-state index is 6.13. The Bertz CT molecular complexity index is 523. The van der Waals surface area contributed by atoms with Crippen molar-refractivity contribution in [1.82, 2.24) is 15.0 Å². The third-order valence-electron chi connectivity index (χ3n) is 2.84. The van der Waals surface area contributed by atoms with Crippen LogP contribution in [0.15, 0.2) is 18.5 Å². The summed E-state index contributed by atoms with van der Waals surface area (Å²) >= 11 is 13.4. The minimum Gasteiger partial charge on any atom is -0.338 e. The summed E-state index contributed by atoms with van der Waals surface area (Å²) in [4.78, 5) is 4.28. The summed E-state index contributed by atoms with van der Waals surface area (Å²) in [6.07, 6.45) is 5.35. The first-order valence-electron chi connectivity index (χ1n) is 5.49. The number of nitrogens with zero attached hydrogens (tertiary/aromatic N) is 2. The Morgan fingerprint density at radius 2 is 2.33 bits per heavy atom. The number of thiophene rings is 1. The predicted octanol–water partition coefficient (Wildman–Crippen LogP) is 2.93. The van der Waals surface area contributed by atoms with E-state index in [4.69, 9.17) is 29.0 Å². The van der Waals surface area contributed by atoms with Gasteiger partial charge in [0.25, 0.3) is 0 Å². The number of hydrogen-bond acceptors (Lipinski definition) is 4. The van der Waals surface area contributed by atoms with Gasteiger partial charge in [-0.15, -0.1) is 11.3 Å². The fourth-order valence-electron chi connectivity index (χ4n) is 1.83. The van der Waals surface area contributed by atoms with Crippen LogP contribution in [-0.4, -0.2) is 9.55 Å².